The first-order chi connectivity index (χ1) is 13.4. The molecule has 2 N–H and O–H groups in total. The van der Waals surface area contributed by atoms with Crippen molar-refractivity contribution in [1.82, 2.24) is 25.6 Å². The summed E-state index contributed by atoms with van der Waals surface area (Å²) in [5, 5.41) is 6.14. The number of pyridine rings is 1. The number of halogens is 1. The van der Waals surface area contributed by atoms with Crippen molar-refractivity contribution in [2.45, 2.75) is 56.5 Å². The Morgan fingerprint density at radius 2 is 1.79 bits per heavy atom. The second-order valence-electron chi connectivity index (χ2n) is 7.88. The van der Waals surface area contributed by atoms with Crippen molar-refractivity contribution < 1.29 is 14.0 Å². The number of hydrogen-bond acceptors (Lipinski definition) is 5. The Kier molecular flexibility index (Phi) is 4.56. The molecule has 2 fully saturated rings. The van der Waals surface area contributed by atoms with Gasteiger partial charge in [-0.3, -0.25) is 14.6 Å². The summed E-state index contributed by atoms with van der Waals surface area (Å²) in [4.78, 5) is 37.4. The normalized spacial score (nSPS) is 25.9. The second-order valence-corrected chi connectivity index (χ2v) is 7.88. The van der Waals surface area contributed by atoms with E-state index in [1.165, 1.54) is 24.5 Å². The topological polar surface area (TPSA) is 96.9 Å². The van der Waals surface area contributed by atoms with Crippen LogP contribution in [0.1, 0.15) is 65.2 Å². The molecule has 0 unspecified atom stereocenters. The molecule has 0 saturated heterocycles. The minimum atomic E-state index is -0.636. The van der Waals surface area contributed by atoms with Crippen molar-refractivity contribution in [3.8, 4) is 0 Å². The Bertz CT molecular complexity index is 936. The van der Waals surface area contributed by atoms with Gasteiger partial charge in [-0.1, -0.05) is 0 Å². The first kappa shape index (κ1) is 18.5. The highest BCUT2D eigenvalue weighted by Crippen LogP contribution is 2.48. The summed E-state index contributed by atoms with van der Waals surface area (Å²) < 4.78 is 13.9. The standard InChI is InChI=1S/C20H22FN5O2/c1-13-10-22-11-15(24-13)17(27)25-19-5-3-6-20(12-19,8-7-19)26-18(28)16-14(21)4-2-9-23-16/h2,4,9-11H,3,5-8,12H2,1H3,(H,25,27)(H,26,28)/t19-,20+/m1/s1. The number of carbonyl (C=O) groups is 2. The van der Waals surface area contributed by atoms with Crippen LogP contribution in [0.2, 0.25) is 0 Å². The third-order valence-electron chi connectivity index (χ3n) is 5.79. The van der Waals surface area contributed by atoms with Gasteiger partial charge in [-0.05, 0) is 57.6 Å². The van der Waals surface area contributed by atoms with Crippen LogP contribution in [-0.2, 0) is 0 Å². The van der Waals surface area contributed by atoms with Gasteiger partial charge < -0.3 is 10.6 Å². The first-order valence-electron chi connectivity index (χ1n) is 9.45. The van der Waals surface area contributed by atoms with Crippen molar-refractivity contribution in [1.29, 1.82) is 0 Å². The van der Waals surface area contributed by atoms with Gasteiger partial charge in [-0.15, -0.1) is 0 Å². The lowest BCUT2D eigenvalue weighted by Gasteiger charge is -2.40. The number of hydrogen-bond donors (Lipinski definition) is 2. The molecule has 2 heterocycles. The molecule has 2 aliphatic carbocycles. The highest BCUT2D eigenvalue weighted by molar-refractivity contribution is 5.93. The molecule has 0 radical (unpaired) electrons. The molecule has 2 aliphatic rings. The van der Waals surface area contributed by atoms with Crippen LogP contribution in [0.4, 0.5) is 4.39 Å². The Morgan fingerprint density at radius 1 is 1.07 bits per heavy atom. The zero-order valence-corrected chi connectivity index (χ0v) is 15.7. The molecular formula is C20H22FN5O2. The van der Waals surface area contributed by atoms with Crippen LogP contribution in [0.25, 0.3) is 0 Å². The van der Waals surface area contributed by atoms with Crippen LogP contribution < -0.4 is 10.6 Å². The van der Waals surface area contributed by atoms with Crippen molar-refractivity contribution in [3.05, 3.63) is 53.6 Å². The van der Waals surface area contributed by atoms with Crippen LogP contribution in [0.5, 0.6) is 0 Å². The van der Waals surface area contributed by atoms with Gasteiger partial charge in [0.2, 0.25) is 0 Å². The molecule has 0 aliphatic heterocycles. The molecule has 2 saturated carbocycles. The van der Waals surface area contributed by atoms with E-state index in [0.29, 0.717) is 12.1 Å². The van der Waals surface area contributed by atoms with Gasteiger partial charge >= 0.3 is 0 Å². The smallest absolute Gasteiger partial charge is 0.273 e. The molecule has 2 atom stereocenters. The summed E-state index contributed by atoms with van der Waals surface area (Å²) in [5.41, 5.74) is -0.0723. The number of aryl methyl sites for hydroxylation is 1. The minimum Gasteiger partial charge on any atom is -0.345 e. The van der Waals surface area contributed by atoms with Crippen LogP contribution >= 0.6 is 0 Å². The van der Waals surface area contributed by atoms with E-state index in [0.717, 1.165) is 32.1 Å². The number of rotatable bonds is 4. The minimum absolute atomic E-state index is 0.195. The number of nitrogens with one attached hydrogen (secondary N) is 2. The van der Waals surface area contributed by atoms with Gasteiger partial charge in [-0.25, -0.2) is 14.4 Å². The van der Waals surface area contributed by atoms with E-state index >= 15 is 0 Å². The quantitative estimate of drug-likeness (QED) is 0.845. The fourth-order valence-corrected chi connectivity index (χ4v) is 4.56. The first-order valence-corrected chi connectivity index (χ1v) is 9.45. The van der Waals surface area contributed by atoms with Crippen LogP contribution in [0.15, 0.2) is 30.7 Å². The number of aromatic nitrogens is 3. The molecule has 2 aromatic rings. The van der Waals surface area contributed by atoms with E-state index in [4.69, 9.17) is 0 Å². The van der Waals surface area contributed by atoms with Gasteiger partial charge in [0.25, 0.3) is 11.8 Å². The van der Waals surface area contributed by atoms with Gasteiger partial charge in [0, 0.05) is 23.5 Å². The Morgan fingerprint density at radius 3 is 2.46 bits per heavy atom. The zero-order chi connectivity index (χ0) is 19.8. The summed E-state index contributed by atoms with van der Waals surface area (Å²) >= 11 is 0. The highest BCUT2D eigenvalue weighted by atomic mass is 19.1. The maximum absolute atomic E-state index is 13.9. The number of amides is 2. The summed E-state index contributed by atoms with van der Waals surface area (Å²) in [5.74, 6) is -1.40. The summed E-state index contributed by atoms with van der Waals surface area (Å²) in [6.07, 6.45) is 9.06. The predicted octanol–water partition coefficient (Wildman–Crippen LogP) is 2.32. The molecule has 28 heavy (non-hydrogen) atoms. The third-order valence-corrected chi connectivity index (χ3v) is 5.79. The van der Waals surface area contributed by atoms with Crippen molar-refractivity contribution in [2.24, 2.45) is 0 Å². The zero-order valence-electron chi connectivity index (χ0n) is 15.7. The van der Waals surface area contributed by atoms with Gasteiger partial charge in [-0.2, -0.15) is 0 Å². The molecule has 2 bridgehead atoms. The van der Waals surface area contributed by atoms with Crippen molar-refractivity contribution >= 4 is 11.8 Å². The Labute approximate surface area is 162 Å². The average Bonchev–Trinajstić information content (AvgIpc) is 2.91. The molecular weight excluding hydrogens is 361 g/mol. The summed E-state index contributed by atoms with van der Waals surface area (Å²) in [6.45, 7) is 1.79. The maximum Gasteiger partial charge on any atom is 0.273 e. The predicted molar refractivity (Wildman–Crippen MR) is 99.1 cm³/mol. The van der Waals surface area contributed by atoms with Crippen LogP contribution in [-0.4, -0.2) is 37.8 Å². The molecule has 2 amide bonds. The Hall–Kier alpha value is -2.90. The molecule has 0 aromatic carbocycles. The van der Waals surface area contributed by atoms with Crippen LogP contribution in [0, 0.1) is 12.7 Å². The molecule has 7 nitrogen and oxygen atoms in total. The SMILES string of the molecule is Cc1cncc(C(=O)N[C@]23CCC[C@](NC(=O)c4ncccc4F)(CC2)C3)n1. The van der Waals surface area contributed by atoms with Crippen molar-refractivity contribution in [3.63, 3.8) is 0 Å². The van der Waals surface area contributed by atoms with Crippen LogP contribution in [0.3, 0.4) is 0 Å². The number of nitrogens with zero attached hydrogens (tertiary/aromatic N) is 3. The maximum atomic E-state index is 13.9. The molecule has 2 aromatic heterocycles. The lowest BCUT2D eigenvalue weighted by Crippen LogP contribution is -2.55. The van der Waals surface area contributed by atoms with Crippen molar-refractivity contribution in [2.75, 3.05) is 0 Å². The van der Waals surface area contributed by atoms with Gasteiger partial charge in [0.15, 0.2) is 11.5 Å². The lowest BCUT2D eigenvalue weighted by molar-refractivity contribution is 0.0824. The van der Waals surface area contributed by atoms with E-state index in [9.17, 15) is 14.0 Å². The lowest BCUT2D eigenvalue weighted by atomic mass is 9.78. The monoisotopic (exact) mass is 383 g/mol. The largest absolute Gasteiger partial charge is 0.345 e. The number of fused-ring (bicyclic) bond motifs is 2. The summed E-state index contributed by atoms with van der Waals surface area (Å²) in [7, 11) is 0. The second kappa shape index (κ2) is 6.92. The summed E-state index contributed by atoms with van der Waals surface area (Å²) in [6, 6.07) is 2.68. The van der Waals surface area contributed by atoms with Gasteiger partial charge in [0.05, 0.1) is 11.9 Å². The van der Waals surface area contributed by atoms with E-state index in [-0.39, 0.29) is 17.3 Å². The molecule has 146 valence electrons. The third kappa shape index (κ3) is 3.46. The van der Waals surface area contributed by atoms with E-state index < -0.39 is 22.8 Å². The van der Waals surface area contributed by atoms with E-state index in [1.54, 1.807) is 13.1 Å². The van der Waals surface area contributed by atoms with E-state index in [2.05, 4.69) is 25.6 Å². The Balaban J connectivity index is 1.49. The fraction of sp³-hybridized carbons (Fsp3) is 0.450. The fourth-order valence-electron chi connectivity index (χ4n) is 4.56. The average molecular weight is 383 g/mol. The van der Waals surface area contributed by atoms with Gasteiger partial charge in [0.1, 0.15) is 5.69 Å². The highest BCUT2D eigenvalue weighted by Gasteiger charge is 2.52. The van der Waals surface area contributed by atoms with E-state index in [1.807, 2.05) is 0 Å². The molecule has 8 heteroatoms. The number of carbonyl (C=O) groups excluding carboxylic acids is 2. The molecule has 0 spiro atoms. The molecule has 4 rings (SSSR count).